The molecule has 0 spiro atoms. The number of hydrogen-bond acceptors (Lipinski definition) is 3. The minimum absolute atomic E-state index is 0.294. The second-order valence-corrected chi connectivity index (χ2v) is 4.92. The van der Waals surface area contributed by atoms with Gasteiger partial charge in [-0.3, -0.25) is 9.78 Å². The molecule has 0 aliphatic heterocycles. The summed E-state index contributed by atoms with van der Waals surface area (Å²) < 4.78 is 0. The van der Waals surface area contributed by atoms with Crippen LogP contribution in [-0.2, 0) is 0 Å². The van der Waals surface area contributed by atoms with Crippen LogP contribution in [0.25, 0.3) is 11.3 Å². The summed E-state index contributed by atoms with van der Waals surface area (Å²) in [6, 6.07) is 11.5. The molecule has 4 heteroatoms. The Morgan fingerprint density at radius 1 is 1.16 bits per heavy atom. The molecule has 1 aliphatic carbocycles. The standard InChI is InChI=1S/C15H15N3O/c16-13-7-12(13)11-5-6-14(18-8-11)9-1-3-10(4-2-9)15(17)19/h1-6,8,12-13H,7,16H2,(H2,17,19)/t12-,13+/m0/s1. The maximum Gasteiger partial charge on any atom is 0.248 e. The molecule has 19 heavy (non-hydrogen) atoms. The number of amides is 1. The second-order valence-electron chi connectivity index (χ2n) is 4.92. The van der Waals surface area contributed by atoms with Crippen molar-refractivity contribution in [3.8, 4) is 11.3 Å². The Kier molecular flexibility index (Phi) is 2.80. The van der Waals surface area contributed by atoms with Crippen molar-refractivity contribution in [2.24, 2.45) is 11.5 Å². The van der Waals surface area contributed by atoms with Crippen LogP contribution in [0.2, 0.25) is 0 Å². The summed E-state index contributed by atoms with van der Waals surface area (Å²) in [6.45, 7) is 0. The van der Waals surface area contributed by atoms with Crippen LogP contribution in [0.1, 0.15) is 28.3 Å². The molecule has 2 atom stereocenters. The van der Waals surface area contributed by atoms with Gasteiger partial charge in [-0.2, -0.15) is 0 Å². The molecular weight excluding hydrogens is 238 g/mol. The van der Waals surface area contributed by atoms with E-state index in [0.717, 1.165) is 17.7 Å². The van der Waals surface area contributed by atoms with E-state index in [1.807, 2.05) is 24.4 Å². The Bertz CT molecular complexity index is 604. The van der Waals surface area contributed by atoms with Crippen molar-refractivity contribution < 1.29 is 4.79 Å². The van der Waals surface area contributed by atoms with E-state index in [4.69, 9.17) is 11.5 Å². The molecule has 1 amide bonds. The first-order valence-electron chi connectivity index (χ1n) is 6.27. The smallest absolute Gasteiger partial charge is 0.248 e. The maximum atomic E-state index is 11.0. The lowest BCUT2D eigenvalue weighted by Gasteiger charge is -2.04. The summed E-state index contributed by atoms with van der Waals surface area (Å²) in [7, 11) is 0. The van der Waals surface area contributed by atoms with Crippen LogP contribution < -0.4 is 11.5 Å². The molecule has 1 saturated carbocycles. The largest absolute Gasteiger partial charge is 0.366 e. The molecule has 0 saturated heterocycles. The number of carbonyl (C=O) groups excluding carboxylic acids is 1. The van der Waals surface area contributed by atoms with Crippen molar-refractivity contribution in [2.75, 3.05) is 0 Å². The van der Waals surface area contributed by atoms with Crippen molar-refractivity contribution in [1.29, 1.82) is 0 Å². The molecule has 1 aromatic heterocycles. The molecule has 3 rings (SSSR count). The van der Waals surface area contributed by atoms with E-state index in [0.29, 0.717) is 17.5 Å². The normalized spacial score (nSPS) is 21.1. The van der Waals surface area contributed by atoms with Gasteiger partial charge in [-0.15, -0.1) is 0 Å². The first kappa shape index (κ1) is 11.9. The number of hydrogen-bond donors (Lipinski definition) is 2. The average molecular weight is 253 g/mol. The quantitative estimate of drug-likeness (QED) is 0.872. The monoisotopic (exact) mass is 253 g/mol. The Hall–Kier alpha value is -2.20. The van der Waals surface area contributed by atoms with E-state index in [1.54, 1.807) is 12.1 Å². The van der Waals surface area contributed by atoms with E-state index < -0.39 is 5.91 Å². The number of aromatic nitrogens is 1. The van der Waals surface area contributed by atoms with Gasteiger partial charge in [0.1, 0.15) is 0 Å². The van der Waals surface area contributed by atoms with Crippen LogP contribution in [0.15, 0.2) is 42.6 Å². The van der Waals surface area contributed by atoms with E-state index in [9.17, 15) is 4.79 Å². The van der Waals surface area contributed by atoms with Crippen LogP contribution in [0.3, 0.4) is 0 Å². The van der Waals surface area contributed by atoms with Crippen molar-refractivity contribution in [3.05, 3.63) is 53.7 Å². The molecule has 0 unspecified atom stereocenters. The number of benzene rings is 1. The van der Waals surface area contributed by atoms with Crippen molar-refractivity contribution >= 4 is 5.91 Å². The number of rotatable bonds is 3. The predicted octanol–water partition coefficient (Wildman–Crippen LogP) is 1.66. The van der Waals surface area contributed by atoms with Gasteiger partial charge < -0.3 is 11.5 Å². The lowest BCUT2D eigenvalue weighted by Crippen LogP contribution is -2.10. The highest BCUT2D eigenvalue weighted by molar-refractivity contribution is 5.93. The van der Waals surface area contributed by atoms with Gasteiger partial charge in [0.2, 0.25) is 5.91 Å². The average Bonchev–Trinajstić information content (AvgIpc) is 3.16. The maximum absolute atomic E-state index is 11.0. The van der Waals surface area contributed by atoms with Crippen LogP contribution in [0.4, 0.5) is 0 Å². The number of carbonyl (C=O) groups is 1. The highest BCUT2D eigenvalue weighted by Gasteiger charge is 2.34. The molecule has 4 nitrogen and oxygen atoms in total. The number of primary amides is 1. The van der Waals surface area contributed by atoms with Gasteiger partial charge >= 0.3 is 0 Å². The fourth-order valence-electron chi connectivity index (χ4n) is 2.20. The third-order valence-corrected chi connectivity index (χ3v) is 3.52. The molecular formula is C15H15N3O. The number of nitrogens with zero attached hydrogens (tertiary/aromatic N) is 1. The van der Waals surface area contributed by atoms with Crippen LogP contribution in [0, 0.1) is 0 Å². The van der Waals surface area contributed by atoms with E-state index >= 15 is 0 Å². The minimum Gasteiger partial charge on any atom is -0.366 e. The molecule has 1 aliphatic rings. The Balaban J connectivity index is 1.83. The molecule has 1 heterocycles. The molecule has 0 radical (unpaired) electrons. The fraction of sp³-hybridized carbons (Fsp3) is 0.200. The molecule has 1 fully saturated rings. The van der Waals surface area contributed by atoms with E-state index in [1.165, 1.54) is 5.56 Å². The summed E-state index contributed by atoms with van der Waals surface area (Å²) in [4.78, 5) is 15.4. The zero-order valence-corrected chi connectivity index (χ0v) is 10.4. The Morgan fingerprint density at radius 2 is 1.84 bits per heavy atom. The topological polar surface area (TPSA) is 82.0 Å². The third-order valence-electron chi connectivity index (χ3n) is 3.52. The van der Waals surface area contributed by atoms with Crippen molar-refractivity contribution in [3.63, 3.8) is 0 Å². The molecule has 1 aromatic carbocycles. The fourth-order valence-corrected chi connectivity index (χ4v) is 2.20. The van der Waals surface area contributed by atoms with Crippen LogP contribution in [0.5, 0.6) is 0 Å². The molecule has 4 N–H and O–H groups in total. The van der Waals surface area contributed by atoms with Crippen LogP contribution in [-0.4, -0.2) is 16.9 Å². The van der Waals surface area contributed by atoms with Crippen molar-refractivity contribution in [2.45, 2.75) is 18.4 Å². The summed E-state index contributed by atoms with van der Waals surface area (Å²) in [5, 5.41) is 0. The van der Waals surface area contributed by atoms with E-state index in [2.05, 4.69) is 11.1 Å². The molecule has 96 valence electrons. The van der Waals surface area contributed by atoms with Gasteiger partial charge in [0, 0.05) is 29.3 Å². The highest BCUT2D eigenvalue weighted by atomic mass is 16.1. The van der Waals surface area contributed by atoms with Gasteiger partial charge in [-0.05, 0) is 30.2 Å². The third kappa shape index (κ3) is 2.35. The first-order valence-corrected chi connectivity index (χ1v) is 6.27. The zero-order chi connectivity index (χ0) is 13.4. The zero-order valence-electron chi connectivity index (χ0n) is 10.4. The Labute approximate surface area is 111 Å². The number of nitrogens with two attached hydrogens (primary N) is 2. The molecule has 0 bridgehead atoms. The van der Waals surface area contributed by atoms with Crippen molar-refractivity contribution in [1.82, 2.24) is 4.98 Å². The highest BCUT2D eigenvalue weighted by Crippen LogP contribution is 2.38. The second kappa shape index (κ2) is 4.48. The lowest BCUT2D eigenvalue weighted by molar-refractivity contribution is 0.100. The summed E-state index contributed by atoms with van der Waals surface area (Å²) in [6.07, 6.45) is 2.93. The Morgan fingerprint density at radius 3 is 2.32 bits per heavy atom. The minimum atomic E-state index is -0.419. The SMILES string of the molecule is NC(=O)c1ccc(-c2ccc([C@@H]3C[C@H]3N)cn2)cc1. The molecule has 2 aromatic rings. The summed E-state index contributed by atoms with van der Waals surface area (Å²) in [5.74, 6) is 0.0522. The van der Waals surface area contributed by atoms with Gasteiger partial charge in [-0.1, -0.05) is 18.2 Å². The van der Waals surface area contributed by atoms with Crippen LogP contribution >= 0.6 is 0 Å². The van der Waals surface area contributed by atoms with Gasteiger partial charge in [0.05, 0.1) is 5.69 Å². The van der Waals surface area contributed by atoms with E-state index in [-0.39, 0.29) is 0 Å². The predicted molar refractivity (Wildman–Crippen MR) is 73.5 cm³/mol. The van der Waals surface area contributed by atoms with Gasteiger partial charge in [0.15, 0.2) is 0 Å². The summed E-state index contributed by atoms with van der Waals surface area (Å²) in [5.41, 5.74) is 14.6. The first-order chi connectivity index (χ1) is 9.15. The lowest BCUT2D eigenvalue weighted by atomic mass is 10.1. The number of pyridine rings is 1. The summed E-state index contributed by atoms with van der Waals surface area (Å²) >= 11 is 0. The van der Waals surface area contributed by atoms with Gasteiger partial charge in [-0.25, -0.2) is 0 Å². The van der Waals surface area contributed by atoms with Gasteiger partial charge in [0.25, 0.3) is 0 Å².